The fourth-order valence-electron chi connectivity index (χ4n) is 2.90. The first-order chi connectivity index (χ1) is 15.2. The van der Waals surface area contributed by atoms with Gasteiger partial charge in [-0.25, -0.2) is 17.6 Å². The van der Waals surface area contributed by atoms with Crippen LogP contribution in [0.25, 0.3) is 0 Å². The molecule has 1 amide bonds. The minimum Gasteiger partial charge on any atom is -0.453 e. The first kappa shape index (κ1) is 23.2. The summed E-state index contributed by atoms with van der Waals surface area (Å²) in [6, 6.07) is 15.8. The normalized spacial score (nSPS) is 13.2. The molecule has 0 spiro atoms. The molecule has 0 saturated carbocycles. The molecule has 0 aliphatic heterocycles. The van der Waals surface area contributed by atoms with E-state index in [1.807, 2.05) is 0 Å². The molecule has 3 rings (SSSR count). The Morgan fingerprint density at radius 2 is 1.66 bits per heavy atom. The van der Waals surface area contributed by atoms with Crippen molar-refractivity contribution in [2.75, 3.05) is 0 Å². The van der Waals surface area contributed by atoms with Gasteiger partial charge in [0.1, 0.15) is 17.3 Å². The summed E-state index contributed by atoms with van der Waals surface area (Å²) in [6.45, 7) is 3.11. The van der Waals surface area contributed by atoms with Gasteiger partial charge in [0.05, 0.1) is 10.9 Å². The van der Waals surface area contributed by atoms with Gasteiger partial charge in [-0.3, -0.25) is 4.79 Å². The van der Waals surface area contributed by atoms with Crippen molar-refractivity contribution >= 4 is 21.7 Å². The molecule has 2 aromatic carbocycles. The molecule has 0 saturated heterocycles. The molecule has 7 nitrogen and oxygen atoms in total. The summed E-state index contributed by atoms with van der Waals surface area (Å²) >= 11 is 0. The van der Waals surface area contributed by atoms with Crippen LogP contribution in [-0.4, -0.2) is 26.4 Å². The maximum absolute atomic E-state index is 13.0. The van der Waals surface area contributed by atoms with Gasteiger partial charge in [-0.05, 0) is 55.8 Å². The van der Waals surface area contributed by atoms with Gasteiger partial charge in [0.2, 0.25) is 5.76 Å². The van der Waals surface area contributed by atoms with E-state index in [2.05, 4.69) is 5.32 Å². The Bertz CT molecular complexity index is 1190. The van der Waals surface area contributed by atoms with Crippen LogP contribution in [0.3, 0.4) is 0 Å². The van der Waals surface area contributed by atoms with Crippen LogP contribution in [0.5, 0.6) is 0 Å². The predicted octanol–water partition coefficient (Wildman–Crippen LogP) is 3.82. The number of sulfone groups is 1. The molecule has 3 aromatic rings. The topological polar surface area (TPSA) is 103 Å². The Hall–Kier alpha value is -3.46. The number of carbonyl (C=O) groups is 2. The Balaban J connectivity index is 1.58. The highest BCUT2D eigenvalue weighted by Gasteiger charge is 2.24. The minimum atomic E-state index is -3.64. The number of furan rings is 1. The lowest BCUT2D eigenvalue weighted by Gasteiger charge is -2.18. The van der Waals surface area contributed by atoms with E-state index in [9.17, 15) is 22.4 Å². The summed E-state index contributed by atoms with van der Waals surface area (Å²) in [6.07, 6.45) is -1.13. The van der Waals surface area contributed by atoms with E-state index in [0.29, 0.717) is 5.56 Å². The lowest BCUT2D eigenvalue weighted by Crippen LogP contribution is -2.37. The summed E-state index contributed by atoms with van der Waals surface area (Å²) in [7, 11) is -3.64. The van der Waals surface area contributed by atoms with Crippen LogP contribution < -0.4 is 5.32 Å². The monoisotopic (exact) mass is 459 g/mol. The highest BCUT2D eigenvalue weighted by atomic mass is 32.2. The van der Waals surface area contributed by atoms with Crippen LogP contribution in [0.1, 0.15) is 41.8 Å². The molecular formula is C23H22FNO6S. The number of esters is 1. The summed E-state index contributed by atoms with van der Waals surface area (Å²) < 4.78 is 48.4. The number of hydrogen-bond donors (Lipinski definition) is 1. The van der Waals surface area contributed by atoms with E-state index in [0.717, 1.165) is 0 Å². The Labute approximate surface area is 185 Å². The van der Waals surface area contributed by atoms with E-state index in [4.69, 9.17) is 9.15 Å². The Morgan fingerprint density at radius 3 is 2.31 bits per heavy atom. The van der Waals surface area contributed by atoms with Crippen molar-refractivity contribution in [3.05, 3.63) is 89.6 Å². The summed E-state index contributed by atoms with van der Waals surface area (Å²) in [5.41, 5.74) is 0.688. The van der Waals surface area contributed by atoms with Crippen molar-refractivity contribution in [3.8, 4) is 0 Å². The molecule has 0 fully saturated rings. The van der Waals surface area contributed by atoms with Crippen LogP contribution in [0.15, 0.2) is 76.0 Å². The molecule has 0 aliphatic carbocycles. The summed E-state index contributed by atoms with van der Waals surface area (Å²) in [5.74, 6) is -2.39. The van der Waals surface area contributed by atoms with Crippen LogP contribution in [-0.2, 0) is 25.1 Å². The standard InChI is InChI=1S/C23H22FNO6S/c1-15(17-8-10-18(24)11-9-17)25-22(26)16(2)30-23(27)21-13-12-19(31-21)14-32(28,29)20-6-4-3-5-7-20/h3-13,15-16H,14H2,1-2H3,(H,25,26)/t15-,16+/m1/s1. The van der Waals surface area contributed by atoms with Gasteiger partial charge in [0.15, 0.2) is 15.9 Å². The number of nitrogens with one attached hydrogen (secondary N) is 1. The second kappa shape index (κ2) is 9.78. The van der Waals surface area contributed by atoms with Crippen molar-refractivity contribution in [2.24, 2.45) is 0 Å². The summed E-state index contributed by atoms with van der Waals surface area (Å²) in [5, 5.41) is 2.68. The second-order valence-corrected chi connectivity index (χ2v) is 9.16. The third-order valence-electron chi connectivity index (χ3n) is 4.68. The predicted molar refractivity (Wildman–Crippen MR) is 114 cm³/mol. The van der Waals surface area contributed by atoms with Gasteiger partial charge >= 0.3 is 5.97 Å². The number of ether oxygens (including phenoxy) is 1. The van der Waals surface area contributed by atoms with Crippen LogP contribution in [0, 0.1) is 5.82 Å². The van der Waals surface area contributed by atoms with E-state index in [1.165, 1.54) is 43.3 Å². The molecule has 1 aromatic heterocycles. The molecular weight excluding hydrogens is 437 g/mol. The Kier molecular flexibility index (Phi) is 7.09. The molecule has 1 N–H and O–H groups in total. The van der Waals surface area contributed by atoms with Crippen molar-refractivity contribution in [3.63, 3.8) is 0 Å². The highest BCUT2D eigenvalue weighted by molar-refractivity contribution is 7.90. The minimum absolute atomic E-state index is 0.0721. The number of rotatable bonds is 8. The van der Waals surface area contributed by atoms with Crippen molar-refractivity contribution in [1.82, 2.24) is 5.32 Å². The van der Waals surface area contributed by atoms with Gasteiger partial charge in [0, 0.05) is 0 Å². The maximum atomic E-state index is 13.0. The zero-order valence-electron chi connectivity index (χ0n) is 17.4. The van der Waals surface area contributed by atoms with E-state index >= 15 is 0 Å². The average Bonchev–Trinajstić information content (AvgIpc) is 3.22. The van der Waals surface area contributed by atoms with Crippen molar-refractivity contribution in [1.29, 1.82) is 0 Å². The number of amides is 1. The van der Waals surface area contributed by atoms with Gasteiger partial charge < -0.3 is 14.5 Å². The van der Waals surface area contributed by atoms with Gasteiger partial charge in [-0.15, -0.1) is 0 Å². The molecule has 0 aliphatic rings. The molecule has 1 heterocycles. The number of benzene rings is 2. The van der Waals surface area contributed by atoms with E-state index < -0.39 is 39.6 Å². The molecule has 32 heavy (non-hydrogen) atoms. The van der Waals surface area contributed by atoms with Crippen molar-refractivity contribution in [2.45, 2.75) is 36.6 Å². The summed E-state index contributed by atoms with van der Waals surface area (Å²) in [4.78, 5) is 24.8. The van der Waals surface area contributed by atoms with Crippen molar-refractivity contribution < 1.29 is 31.6 Å². The lowest BCUT2D eigenvalue weighted by atomic mass is 10.1. The van der Waals surface area contributed by atoms with Gasteiger partial charge in [0.25, 0.3) is 5.91 Å². The molecule has 0 unspecified atom stereocenters. The highest BCUT2D eigenvalue weighted by Crippen LogP contribution is 2.19. The van der Waals surface area contributed by atoms with E-state index in [-0.39, 0.29) is 22.2 Å². The van der Waals surface area contributed by atoms with Crippen LogP contribution in [0.4, 0.5) is 4.39 Å². The lowest BCUT2D eigenvalue weighted by molar-refractivity contribution is -0.129. The first-order valence-corrected chi connectivity index (χ1v) is 11.4. The fourth-order valence-corrected chi connectivity index (χ4v) is 4.17. The third kappa shape index (κ3) is 5.82. The average molecular weight is 459 g/mol. The molecule has 168 valence electrons. The van der Waals surface area contributed by atoms with Crippen LogP contribution >= 0.6 is 0 Å². The number of hydrogen-bond acceptors (Lipinski definition) is 6. The zero-order valence-corrected chi connectivity index (χ0v) is 18.3. The first-order valence-electron chi connectivity index (χ1n) is 9.79. The SMILES string of the molecule is C[C@H](OC(=O)c1ccc(CS(=O)(=O)c2ccccc2)o1)C(=O)N[C@H](C)c1ccc(F)cc1. The molecule has 0 radical (unpaired) electrons. The van der Waals surface area contributed by atoms with Gasteiger partial charge in [-0.1, -0.05) is 30.3 Å². The number of carbonyl (C=O) groups excluding carboxylic acids is 2. The molecule has 9 heteroatoms. The zero-order chi connectivity index (χ0) is 23.3. The maximum Gasteiger partial charge on any atom is 0.375 e. The second-order valence-electron chi connectivity index (χ2n) is 7.17. The molecule has 0 bridgehead atoms. The quantitative estimate of drug-likeness (QED) is 0.514. The third-order valence-corrected chi connectivity index (χ3v) is 6.33. The smallest absolute Gasteiger partial charge is 0.375 e. The van der Waals surface area contributed by atoms with Gasteiger partial charge in [-0.2, -0.15) is 0 Å². The fraction of sp³-hybridized carbons (Fsp3) is 0.217. The number of halogens is 1. The van der Waals surface area contributed by atoms with Crippen LogP contribution in [0.2, 0.25) is 0 Å². The Morgan fingerprint density at radius 1 is 1.00 bits per heavy atom. The molecule has 2 atom stereocenters. The van der Waals surface area contributed by atoms with E-state index in [1.54, 1.807) is 37.3 Å². The largest absolute Gasteiger partial charge is 0.453 e.